The van der Waals surface area contributed by atoms with Gasteiger partial charge in [0.05, 0.1) is 0 Å². The molecule has 0 aliphatic heterocycles. The fraction of sp³-hybridized carbons (Fsp3) is 0.568. The zero-order valence-electron chi connectivity index (χ0n) is 59.5. The average Bonchev–Trinajstić information content (AvgIpc) is 0.932. The normalized spacial score (nSPS) is 12.0. The molecule has 5 aromatic carbocycles. The van der Waals surface area contributed by atoms with Crippen molar-refractivity contribution in [3.63, 3.8) is 0 Å². The van der Waals surface area contributed by atoms with E-state index in [1.807, 2.05) is 0 Å². The van der Waals surface area contributed by atoms with Gasteiger partial charge in [0.15, 0.2) is 0 Å². The predicted molar refractivity (Wildman–Crippen MR) is 406 cm³/mol. The summed E-state index contributed by atoms with van der Waals surface area (Å²) in [4.78, 5) is 2.21. The topological polar surface area (TPSA) is 40.5 Å². The molecule has 2 N–H and O–H groups in total. The largest absolute Gasteiger partial charge is 0.376 e. The molecule has 0 saturated heterocycles. The van der Waals surface area contributed by atoms with Gasteiger partial charge in [-0.1, -0.05) is 294 Å². The van der Waals surface area contributed by atoms with E-state index in [1.165, 1.54) is 199 Å². The zero-order valence-corrected chi connectivity index (χ0v) is 61.2. The van der Waals surface area contributed by atoms with Crippen LogP contribution >= 0.6 is 22.7 Å². The van der Waals surface area contributed by atoms with Crippen LogP contribution in [0.3, 0.4) is 0 Å². The van der Waals surface area contributed by atoms with Gasteiger partial charge in [-0.2, -0.15) is 0 Å². The van der Waals surface area contributed by atoms with E-state index < -0.39 is 11.2 Å². The minimum Gasteiger partial charge on any atom is -0.376 e. The number of aliphatic hydroxyl groups is 2. The van der Waals surface area contributed by atoms with E-state index in [2.05, 4.69) is 175 Å². The van der Waals surface area contributed by atoms with E-state index in [0.29, 0.717) is 0 Å². The van der Waals surface area contributed by atoms with Gasteiger partial charge in [-0.3, -0.25) is 0 Å². The Balaban J connectivity index is 1.65. The van der Waals surface area contributed by atoms with Crippen molar-refractivity contribution < 1.29 is 10.2 Å². The second-order valence-electron chi connectivity index (χ2n) is 28.0. The number of rotatable bonds is 48. The lowest BCUT2D eigenvalue weighted by atomic mass is 9.71. The van der Waals surface area contributed by atoms with Crippen LogP contribution in [0.2, 0.25) is 0 Å². The summed E-state index contributed by atoms with van der Waals surface area (Å²) in [6, 6.07) is 43.1. The molecule has 7 rings (SSSR count). The second-order valence-corrected chi connectivity index (χ2v) is 29.9. The molecule has 0 fully saturated rings. The SMILES string of the molecule is CCCCCCc1cc(CCCCCC)cc(C(O)(c2cc(CCCCCC)cc(CCCCCC)c2)c2cc(-c3cccs3)c(C(O)(c3cc(CCCCCC)cc(CCCCCC)c3)c3cc(CCCCCC)cc(CCCCCC)c3)cc2-c2cccs2)c1. The van der Waals surface area contributed by atoms with Crippen LogP contribution in [0, 0.1) is 0 Å². The molecule has 92 heavy (non-hydrogen) atoms. The van der Waals surface area contributed by atoms with Gasteiger partial charge in [-0.15, -0.1) is 22.7 Å². The predicted octanol–water partition coefficient (Wildman–Crippen LogP) is 26.7. The first-order valence-electron chi connectivity index (χ1n) is 38.3. The van der Waals surface area contributed by atoms with Crippen molar-refractivity contribution in [1.29, 1.82) is 0 Å². The van der Waals surface area contributed by atoms with Crippen molar-refractivity contribution in [3.05, 3.63) is 198 Å². The summed E-state index contributed by atoms with van der Waals surface area (Å²) >= 11 is 3.52. The molecule has 0 unspecified atom stereocenters. The van der Waals surface area contributed by atoms with E-state index in [9.17, 15) is 0 Å². The first-order chi connectivity index (χ1) is 45.1. The number of aryl methyl sites for hydroxylation is 8. The zero-order chi connectivity index (χ0) is 65.2. The number of unbranched alkanes of at least 4 members (excludes halogenated alkanes) is 24. The molecular formula is C88H126O2S2. The van der Waals surface area contributed by atoms with Gasteiger partial charge in [0.25, 0.3) is 0 Å². The molecule has 0 saturated carbocycles. The van der Waals surface area contributed by atoms with Gasteiger partial charge in [-0.05, 0) is 216 Å². The van der Waals surface area contributed by atoms with Crippen LogP contribution < -0.4 is 0 Å². The van der Waals surface area contributed by atoms with Crippen LogP contribution in [0.1, 0.15) is 339 Å². The highest BCUT2D eigenvalue weighted by Gasteiger charge is 2.43. The van der Waals surface area contributed by atoms with Crippen LogP contribution in [0.25, 0.3) is 20.9 Å². The first kappa shape index (κ1) is 74.8. The van der Waals surface area contributed by atoms with Crippen molar-refractivity contribution in [3.8, 4) is 20.9 Å². The standard InChI is InChI=1S/C88H126O2S2/c1-9-17-25-33-43-69-55-70(44-34-26-18-10-2)60-77(59-69)87(89,78-61-71(45-35-27-19-11-3)56-72(62-78)46-36-28-20-12-4)83-67-82(86-52-42-54-92-86)84(68-81(83)85-51-41-53-91-85)88(90,79-63-73(47-37-29-21-13-5)57-74(64-79)48-38-30-22-14-6)80-65-75(49-39-31-23-15-7)58-76(66-80)50-40-32-24-16-8/h41-42,51-68,89-90H,9-40,43-50H2,1-8H3. The molecule has 0 aliphatic carbocycles. The summed E-state index contributed by atoms with van der Waals surface area (Å²) in [7, 11) is 0. The summed E-state index contributed by atoms with van der Waals surface area (Å²) in [5, 5.41) is 35.4. The third-order valence-corrected chi connectivity index (χ3v) is 21.8. The van der Waals surface area contributed by atoms with Gasteiger partial charge in [-0.25, -0.2) is 0 Å². The Bertz CT molecular complexity index is 2660. The van der Waals surface area contributed by atoms with Crippen molar-refractivity contribution in [2.24, 2.45) is 0 Å². The Morgan fingerprint density at radius 3 is 0.609 bits per heavy atom. The lowest BCUT2D eigenvalue weighted by Gasteiger charge is -2.37. The Kier molecular flexibility index (Phi) is 33.7. The fourth-order valence-corrected chi connectivity index (χ4v) is 16.0. The first-order valence-corrected chi connectivity index (χ1v) is 40.1. The van der Waals surface area contributed by atoms with E-state index in [4.69, 9.17) is 0 Å². The maximum Gasteiger partial charge on any atom is 0.141 e. The van der Waals surface area contributed by atoms with Gasteiger partial charge in [0.2, 0.25) is 0 Å². The van der Waals surface area contributed by atoms with Gasteiger partial charge < -0.3 is 10.2 Å². The van der Waals surface area contributed by atoms with E-state index in [1.54, 1.807) is 22.7 Å². The van der Waals surface area contributed by atoms with Gasteiger partial charge in [0, 0.05) is 20.9 Å². The minimum atomic E-state index is -1.56. The molecule has 2 nitrogen and oxygen atoms in total. The van der Waals surface area contributed by atoms with E-state index in [0.717, 1.165) is 157 Å². The highest BCUT2D eigenvalue weighted by Crippen LogP contribution is 2.52. The van der Waals surface area contributed by atoms with Crippen LogP contribution in [-0.4, -0.2) is 10.2 Å². The lowest BCUT2D eigenvalue weighted by Crippen LogP contribution is -2.33. The van der Waals surface area contributed by atoms with Gasteiger partial charge in [0.1, 0.15) is 11.2 Å². The summed E-state index contributed by atoms with van der Waals surface area (Å²) in [5.74, 6) is 0. The Morgan fingerprint density at radius 1 is 0.250 bits per heavy atom. The molecule has 0 atom stereocenters. The Labute approximate surface area is 571 Å². The van der Waals surface area contributed by atoms with Crippen LogP contribution in [0.5, 0.6) is 0 Å². The summed E-state index contributed by atoms with van der Waals surface area (Å²) in [6.07, 6.45) is 46.2. The van der Waals surface area contributed by atoms with Crippen molar-refractivity contribution in [1.82, 2.24) is 0 Å². The molecule has 0 aliphatic rings. The van der Waals surface area contributed by atoms with Crippen molar-refractivity contribution >= 4 is 22.7 Å². The monoisotopic (exact) mass is 1280 g/mol. The van der Waals surface area contributed by atoms with Crippen LogP contribution in [0.15, 0.2) is 120 Å². The highest BCUT2D eigenvalue weighted by molar-refractivity contribution is 7.14. The molecule has 2 aromatic heterocycles. The number of benzene rings is 5. The summed E-state index contributed by atoms with van der Waals surface area (Å²) in [5.41, 5.74) is 15.2. The van der Waals surface area contributed by atoms with Crippen LogP contribution in [0.4, 0.5) is 0 Å². The maximum atomic E-state index is 15.5. The molecule has 0 radical (unpaired) electrons. The summed E-state index contributed by atoms with van der Waals surface area (Å²) < 4.78 is 0. The van der Waals surface area contributed by atoms with Crippen LogP contribution in [-0.2, 0) is 62.6 Å². The highest BCUT2D eigenvalue weighted by atomic mass is 32.1. The molecule has 0 amide bonds. The number of hydrogen-bond acceptors (Lipinski definition) is 4. The van der Waals surface area contributed by atoms with Crippen molar-refractivity contribution in [2.75, 3.05) is 0 Å². The van der Waals surface area contributed by atoms with E-state index in [-0.39, 0.29) is 0 Å². The second kappa shape index (κ2) is 41.4. The third kappa shape index (κ3) is 22.2. The number of thiophene rings is 2. The fourth-order valence-electron chi connectivity index (χ4n) is 14.5. The molecule has 0 spiro atoms. The Morgan fingerprint density at radius 2 is 0.446 bits per heavy atom. The Hall–Kier alpha value is -4.58. The smallest absolute Gasteiger partial charge is 0.141 e. The average molecular weight is 1280 g/mol. The molecule has 4 heteroatoms. The third-order valence-electron chi connectivity index (χ3n) is 19.9. The maximum absolute atomic E-state index is 15.5. The summed E-state index contributed by atoms with van der Waals surface area (Å²) in [6.45, 7) is 18.5. The lowest BCUT2D eigenvalue weighted by molar-refractivity contribution is 0.122. The van der Waals surface area contributed by atoms with Gasteiger partial charge >= 0.3 is 0 Å². The minimum absolute atomic E-state index is 0.900. The van der Waals surface area contributed by atoms with E-state index >= 15 is 10.2 Å². The molecule has 0 bridgehead atoms. The molecule has 2 heterocycles. The quantitative estimate of drug-likeness (QED) is 0.0295. The molecule has 7 aromatic rings. The molecule has 502 valence electrons. The molecular weight excluding hydrogens is 1150 g/mol. The van der Waals surface area contributed by atoms with Crippen molar-refractivity contribution in [2.45, 2.75) is 323 Å². The number of hydrogen-bond donors (Lipinski definition) is 2.